The molecule has 0 spiro atoms. The Balaban J connectivity index is 2.16. The highest BCUT2D eigenvalue weighted by Gasteiger charge is 2.21. The van der Waals surface area contributed by atoms with Gasteiger partial charge in [0.05, 0.1) is 6.04 Å². The fourth-order valence-electron chi connectivity index (χ4n) is 2.66. The largest absolute Gasteiger partial charge is 0.313 e. The molecular weight excluding hydrogens is 200 g/mol. The summed E-state index contributed by atoms with van der Waals surface area (Å²) in [6.45, 7) is 2.18. The minimum atomic E-state index is 0.337. The SMILES string of the molecule is CCC(NC)c1nncn1C1CCCCC1. The predicted octanol–water partition coefficient (Wildman–Crippen LogP) is 2.45. The smallest absolute Gasteiger partial charge is 0.150 e. The summed E-state index contributed by atoms with van der Waals surface area (Å²) < 4.78 is 2.30. The summed E-state index contributed by atoms with van der Waals surface area (Å²) in [6.07, 6.45) is 9.61. The molecule has 1 heterocycles. The average Bonchev–Trinajstić information content (AvgIpc) is 2.81. The van der Waals surface area contributed by atoms with Crippen molar-refractivity contribution < 1.29 is 0 Å². The number of nitrogens with zero attached hydrogens (tertiary/aromatic N) is 3. The predicted molar refractivity (Wildman–Crippen MR) is 64.2 cm³/mol. The van der Waals surface area contributed by atoms with Crippen LogP contribution in [0.15, 0.2) is 6.33 Å². The van der Waals surface area contributed by atoms with Crippen molar-refractivity contribution in [3.05, 3.63) is 12.2 Å². The van der Waals surface area contributed by atoms with Crippen molar-refractivity contribution in [2.75, 3.05) is 7.05 Å². The van der Waals surface area contributed by atoms with E-state index in [1.807, 2.05) is 13.4 Å². The molecule has 16 heavy (non-hydrogen) atoms. The molecule has 0 aromatic carbocycles. The van der Waals surface area contributed by atoms with Crippen molar-refractivity contribution in [3.63, 3.8) is 0 Å². The summed E-state index contributed by atoms with van der Waals surface area (Å²) in [5.74, 6) is 1.11. The number of rotatable bonds is 4. The molecule has 1 N–H and O–H groups in total. The van der Waals surface area contributed by atoms with E-state index in [1.54, 1.807) is 0 Å². The average molecular weight is 222 g/mol. The maximum absolute atomic E-state index is 4.28. The van der Waals surface area contributed by atoms with Gasteiger partial charge >= 0.3 is 0 Å². The molecule has 1 unspecified atom stereocenters. The minimum Gasteiger partial charge on any atom is -0.313 e. The van der Waals surface area contributed by atoms with Crippen molar-refractivity contribution in [1.29, 1.82) is 0 Å². The zero-order chi connectivity index (χ0) is 11.4. The normalized spacial score (nSPS) is 19.9. The van der Waals surface area contributed by atoms with Gasteiger partial charge in [-0.15, -0.1) is 10.2 Å². The van der Waals surface area contributed by atoms with Gasteiger partial charge in [0.25, 0.3) is 0 Å². The van der Waals surface area contributed by atoms with Crippen LogP contribution in [0.1, 0.15) is 63.4 Å². The highest BCUT2D eigenvalue weighted by atomic mass is 15.3. The molecular formula is C12H22N4. The van der Waals surface area contributed by atoms with Gasteiger partial charge in [0.2, 0.25) is 0 Å². The summed E-state index contributed by atoms with van der Waals surface area (Å²) >= 11 is 0. The van der Waals surface area contributed by atoms with Crippen LogP contribution in [0.2, 0.25) is 0 Å². The van der Waals surface area contributed by atoms with Crippen LogP contribution in [-0.2, 0) is 0 Å². The number of hydrogen-bond acceptors (Lipinski definition) is 3. The third-order valence-electron chi connectivity index (χ3n) is 3.64. The van der Waals surface area contributed by atoms with E-state index in [4.69, 9.17) is 0 Å². The third kappa shape index (κ3) is 2.26. The van der Waals surface area contributed by atoms with E-state index in [1.165, 1.54) is 32.1 Å². The second-order valence-electron chi connectivity index (χ2n) is 4.64. The molecule has 1 saturated carbocycles. The van der Waals surface area contributed by atoms with Gasteiger partial charge in [-0.3, -0.25) is 0 Å². The Morgan fingerprint density at radius 3 is 2.81 bits per heavy atom. The van der Waals surface area contributed by atoms with E-state index in [2.05, 4.69) is 27.0 Å². The first-order valence-electron chi connectivity index (χ1n) is 6.43. The van der Waals surface area contributed by atoms with E-state index in [0.717, 1.165) is 12.2 Å². The summed E-state index contributed by atoms with van der Waals surface area (Å²) in [5, 5.41) is 11.7. The Labute approximate surface area is 97.5 Å². The van der Waals surface area contributed by atoms with Crippen LogP contribution in [0.5, 0.6) is 0 Å². The highest BCUT2D eigenvalue weighted by molar-refractivity contribution is 4.97. The van der Waals surface area contributed by atoms with Crippen molar-refractivity contribution in [2.45, 2.75) is 57.5 Å². The van der Waals surface area contributed by atoms with E-state index in [-0.39, 0.29) is 0 Å². The Morgan fingerprint density at radius 2 is 2.19 bits per heavy atom. The maximum atomic E-state index is 4.28. The van der Waals surface area contributed by atoms with E-state index in [0.29, 0.717) is 12.1 Å². The van der Waals surface area contributed by atoms with Crippen LogP contribution < -0.4 is 5.32 Å². The second-order valence-corrected chi connectivity index (χ2v) is 4.64. The lowest BCUT2D eigenvalue weighted by Gasteiger charge is -2.25. The van der Waals surface area contributed by atoms with Crippen molar-refractivity contribution in [2.24, 2.45) is 0 Å². The Bertz CT molecular complexity index is 311. The standard InChI is InChI=1S/C12H22N4/c1-3-11(13-2)12-15-14-9-16(12)10-7-5-4-6-8-10/h9-11,13H,3-8H2,1-2H3. The van der Waals surface area contributed by atoms with Gasteiger partial charge < -0.3 is 9.88 Å². The molecule has 90 valence electrons. The lowest BCUT2D eigenvalue weighted by molar-refractivity contribution is 0.335. The quantitative estimate of drug-likeness (QED) is 0.851. The Kier molecular flexibility index (Phi) is 3.93. The van der Waals surface area contributed by atoms with Crippen LogP contribution in [0.25, 0.3) is 0 Å². The first-order valence-corrected chi connectivity index (χ1v) is 6.43. The zero-order valence-corrected chi connectivity index (χ0v) is 10.3. The van der Waals surface area contributed by atoms with Crippen LogP contribution in [0.4, 0.5) is 0 Å². The fraction of sp³-hybridized carbons (Fsp3) is 0.833. The molecule has 0 amide bonds. The Hall–Kier alpha value is -0.900. The fourth-order valence-corrected chi connectivity index (χ4v) is 2.66. The van der Waals surface area contributed by atoms with Crippen LogP contribution in [0, 0.1) is 0 Å². The lowest BCUT2D eigenvalue weighted by Crippen LogP contribution is -2.23. The number of nitrogens with one attached hydrogen (secondary N) is 1. The molecule has 1 atom stereocenters. The van der Waals surface area contributed by atoms with Crippen LogP contribution in [0.3, 0.4) is 0 Å². The van der Waals surface area contributed by atoms with Gasteiger partial charge in [-0.1, -0.05) is 26.2 Å². The second kappa shape index (κ2) is 5.43. The zero-order valence-electron chi connectivity index (χ0n) is 10.3. The molecule has 2 rings (SSSR count). The first kappa shape index (κ1) is 11.6. The molecule has 4 nitrogen and oxygen atoms in total. The van der Waals surface area contributed by atoms with Crippen molar-refractivity contribution >= 4 is 0 Å². The van der Waals surface area contributed by atoms with Gasteiger partial charge in [-0.2, -0.15) is 0 Å². The lowest BCUT2D eigenvalue weighted by atomic mass is 9.95. The van der Waals surface area contributed by atoms with Gasteiger partial charge in [-0.05, 0) is 26.3 Å². The van der Waals surface area contributed by atoms with E-state index in [9.17, 15) is 0 Å². The molecule has 0 radical (unpaired) electrons. The van der Waals surface area contributed by atoms with Crippen LogP contribution in [-0.4, -0.2) is 21.8 Å². The number of aromatic nitrogens is 3. The molecule has 4 heteroatoms. The molecule has 1 aromatic rings. The van der Waals surface area contributed by atoms with Gasteiger partial charge in [0.1, 0.15) is 12.2 Å². The van der Waals surface area contributed by atoms with E-state index < -0.39 is 0 Å². The third-order valence-corrected chi connectivity index (χ3v) is 3.64. The van der Waals surface area contributed by atoms with Gasteiger partial charge in [0, 0.05) is 6.04 Å². The first-order chi connectivity index (χ1) is 7.86. The van der Waals surface area contributed by atoms with Gasteiger partial charge in [0.15, 0.2) is 0 Å². The molecule has 1 fully saturated rings. The Morgan fingerprint density at radius 1 is 1.44 bits per heavy atom. The highest BCUT2D eigenvalue weighted by Crippen LogP contribution is 2.30. The number of hydrogen-bond donors (Lipinski definition) is 1. The molecule has 0 bridgehead atoms. The topological polar surface area (TPSA) is 42.7 Å². The molecule has 0 saturated heterocycles. The van der Waals surface area contributed by atoms with E-state index >= 15 is 0 Å². The molecule has 1 aliphatic carbocycles. The molecule has 1 aliphatic rings. The summed E-state index contributed by atoms with van der Waals surface area (Å²) in [6, 6.07) is 0.963. The van der Waals surface area contributed by atoms with Gasteiger partial charge in [-0.25, -0.2) is 0 Å². The van der Waals surface area contributed by atoms with Crippen molar-refractivity contribution in [1.82, 2.24) is 20.1 Å². The monoisotopic (exact) mass is 222 g/mol. The minimum absolute atomic E-state index is 0.337. The molecule has 0 aliphatic heterocycles. The van der Waals surface area contributed by atoms with Crippen LogP contribution >= 0.6 is 0 Å². The van der Waals surface area contributed by atoms with Crippen molar-refractivity contribution in [3.8, 4) is 0 Å². The summed E-state index contributed by atoms with van der Waals surface area (Å²) in [7, 11) is 1.99. The summed E-state index contributed by atoms with van der Waals surface area (Å²) in [5.41, 5.74) is 0. The maximum Gasteiger partial charge on any atom is 0.150 e. The molecule has 1 aromatic heterocycles. The summed E-state index contributed by atoms with van der Waals surface area (Å²) in [4.78, 5) is 0.